The summed E-state index contributed by atoms with van der Waals surface area (Å²) < 4.78 is 2.40. The SMILES string of the molecule is CC(C)N1C(=O)C(=Cc2cn(-c3ccccc3)nc2-c2ccc(Cl)cc2)SC1=S. The molecule has 1 aliphatic heterocycles. The van der Waals surface area contributed by atoms with Gasteiger partial charge in [-0.25, -0.2) is 4.68 Å². The number of benzene rings is 2. The molecule has 0 unspecified atom stereocenters. The average molecular weight is 440 g/mol. The normalized spacial score (nSPS) is 15.7. The van der Waals surface area contributed by atoms with Crippen LogP contribution in [0.25, 0.3) is 23.0 Å². The molecule has 3 aromatic rings. The predicted octanol–water partition coefficient (Wildman–Crippen LogP) is 5.80. The van der Waals surface area contributed by atoms with Crippen molar-refractivity contribution >= 4 is 51.9 Å². The first-order chi connectivity index (χ1) is 13.9. The van der Waals surface area contributed by atoms with Crippen LogP contribution >= 0.6 is 35.6 Å². The van der Waals surface area contributed by atoms with Crippen molar-refractivity contribution in [3.05, 3.63) is 76.3 Å². The summed E-state index contributed by atoms with van der Waals surface area (Å²) in [6.45, 7) is 3.92. The summed E-state index contributed by atoms with van der Waals surface area (Å²) in [5.74, 6) is -0.0653. The van der Waals surface area contributed by atoms with E-state index in [0.29, 0.717) is 14.2 Å². The number of thioether (sulfide) groups is 1. The minimum Gasteiger partial charge on any atom is -0.290 e. The Bertz CT molecular complexity index is 1100. The third-order valence-electron chi connectivity index (χ3n) is 4.51. The van der Waals surface area contributed by atoms with E-state index in [4.69, 9.17) is 28.9 Å². The third kappa shape index (κ3) is 4.01. The number of rotatable bonds is 4. The van der Waals surface area contributed by atoms with Gasteiger partial charge in [-0.15, -0.1) is 0 Å². The van der Waals surface area contributed by atoms with Crippen molar-refractivity contribution < 1.29 is 4.79 Å². The lowest BCUT2D eigenvalue weighted by molar-refractivity contribution is -0.123. The van der Waals surface area contributed by atoms with Gasteiger partial charge in [0.15, 0.2) is 0 Å². The number of aromatic nitrogens is 2. The highest BCUT2D eigenvalue weighted by atomic mass is 35.5. The molecule has 0 saturated carbocycles. The summed E-state index contributed by atoms with van der Waals surface area (Å²) in [7, 11) is 0. The molecular weight excluding hydrogens is 422 g/mol. The van der Waals surface area contributed by atoms with Crippen molar-refractivity contribution in [2.75, 3.05) is 0 Å². The first-order valence-corrected chi connectivity index (χ1v) is 10.7. The summed E-state index contributed by atoms with van der Waals surface area (Å²) in [6, 6.07) is 17.4. The Morgan fingerprint density at radius 2 is 1.79 bits per heavy atom. The smallest absolute Gasteiger partial charge is 0.266 e. The summed E-state index contributed by atoms with van der Waals surface area (Å²) in [6.07, 6.45) is 3.80. The fourth-order valence-electron chi connectivity index (χ4n) is 3.10. The number of carbonyl (C=O) groups is 1. The van der Waals surface area contributed by atoms with E-state index in [0.717, 1.165) is 22.5 Å². The molecule has 4 nitrogen and oxygen atoms in total. The number of nitrogens with zero attached hydrogens (tertiary/aromatic N) is 3. The zero-order valence-electron chi connectivity index (χ0n) is 15.9. The summed E-state index contributed by atoms with van der Waals surface area (Å²) >= 11 is 12.8. The second-order valence-corrected chi connectivity index (χ2v) is 8.98. The van der Waals surface area contributed by atoms with Crippen LogP contribution in [0.2, 0.25) is 5.02 Å². The van der Waals surface area contributed by atoms with E-state index >= 15 is 0 Å². The Hall–Kier alpha value is -2.41. The maximum Gasteiger partial charge on any atom is 0.266 e. The number of amides is 1. The first-order valence-electron chi connectivity index (χ1n) is 9.12. The van der Waals surface area contributed by atoms with E-state index in [-0.39, 0.29) is 11.9 Å². The van der Waals surface area contributed by atoms with Crippen molar-refractivity contribution in [3.63, 3.8) is 0 Å². The molecule has 2 aromatic carbocycles. The molecular formula is C22H18ClN3OS2. The summed E-state index contributed by atoms with van der Waals surface area (Å²) in [5.41, 5.74) is 3.49. The van der Waals surface area contributed by atoms with Crippen LogP contribution < -0.4 is 0 Å². The predicted molar refractivity (Wildman–Crippen MR) is 124 cm³/mol. The fourth-order valence-corrected chi connectivity index (χ4v) is 4.75. The first kappa shape index (κ1) is 19.9. The molecule has 1 aliphatic rings. The van der Waals surface area contributed by atoms with Crippen LogP contribution in [-0.4, -0.2) is 30.9 Å². The fraction of sp³-hybridized carbons (Fsp3) is 0.136. The lowest BCUT2D eigenvalue weighted by Crippen LogP contribution is -2.34. The second kappa shape index (κ2) is 8.14. The molecule has 0 atom stereocenters. The standard InChI is InChI=1S/C22H18ClN3OS2/c1-14(2)26-21(27)19(29-22(26)28)12-16-13-25(18-6-4-3-5-7-18)24-20(16)15-8-10-17(23)11-9-15/h3-14H,1-2H3. The number of hydrogen-bond donors (Lipinski definition) is 0. The Morgan fingerprint density at radius 1 is 1.10 bits per heavy atom. The van der Waals surface area contributed by atoms with Crippen LogP contribution in [0.3, 0.4) is 0 Å². The largest absolute Gasteiger partial charge is 0.290 e. The van der Waals surface area contributed by atoms with Gasteiger partial charge in [-0.1, -0.05) is 65.9 Å². The molecule has 2 heterocycles. The van der Waals surface area contributed by atoms with E-state index in [2.05, 4.69) is 0 Å². The van der Waals surface area contributed by atoms with Crippen LogP contribution in [0.4, 0.5) is 0 Å². The van der Waals surface area contributed by atoms with Gasteiger partial charge in [0.2, 0.25) is 0 Å². The molecule has 7 heteroatoms. The minimum absolute atomic E-state index is 0.0242. The topological polar surface area (TPSA) is 38.1 Å². The third-order valence-corrected chi connectivity index (χ3v) is 6.09. The van der Waals surface area contributed by atoms with Crippen molar-refractivity contribution in [2.45, 2.75) is 19.9 Å². The number of carbonyl (C=O) groups excluding carboxylic acids is 1. The molecule has 0 N–H and O–H groups in total. The Morgan fingerprint density at radius 3 is 2.41 bits per heavy atom. The highest BCUT2D eigenvalue weighted by Gasteiger charge is 2.34. The molecule has 1 amide bonds. The molecule has 1 fully saturated rings. The van der Waals surface area contributed by atoms with E-state index < -0.39 is 0 Å². The van der Waals surface area contributed by atoms with Gasteiger partial charge in [0, 0.05) is 28.4 Å². The van der Waals surface area contributed by atoms with Crippen molar-refractivity contribution in [3.8, 4) is 16.9 Å². The van der Waals surface area contributed by atoms with E-state index in [1.54, 1.807) is 4.90 Å². The minimum atomic E-state index is -0.0653. The highest BCUT2D eigenvalue weighted by Crippen LogP contribution is 2.36. The highest BCUT2D eigenvalue weighted by molar-refractivity contribution is 8.26. The molecule has 29 heavy (non-hydrogen) atoms. The lowest BCUT2D eigenvalue weighted by atomic mass is 10.1. The van der Waals surface area contributed by atoms with Crippen LogP contribution in [0, 0.1) is 0 Å². The van der Waals surface area contributed by atoms with Gasteiger partial charge < -0.3 is 0 Å². The number of thiocarbonyl (C=S) groups is 1. The Kier molecular flexibility index (Phi) is 5.58. The number of halogens is 1. The van der Waals surface area contributed by atoms with E-state index in [1.807, 2.05) is 85.4 Å². The van der Waals surface area contributed by atoms with Gasteiger partial charge in [0.25, 0.3) is 5.91 Å². The van der Waals surface area contributed by atoms with Crippen LogP contribution in [-0.2, 0) is 4.79 Å². The zero-order valence-corrected chi connectivity index (χ0v) is 18.3. The van der Waals surface area contributed by atoms with Gasteiger partial charge in [-0.05, 0) is 44.2 Å². The van der Waals surface area contributed by atoms with Crippen LogP contribution in [0.5, 0.6) is 0 Å². The van der Waals surface area contributed by atoms with Gasteiger partial charge in [-0.2, -0.15) is 5.10 Å². The summed E-state index contributed by atoms with van der Waals surface area (Å²) in [4.78, 5) is 15.1. The van der Waals surface area contributed by atoms with Gasteiger partial charge in [-0.3, -0.25) is 9.69 Å². The molecule has 4 rings (SSSR count). The van der Waals surface area contributed by atoms with Crippen molar-refractivity contribution in [1.82, 2.24) is 14.7 Å². The quantitative estimate of drug-likeness (QED) is 0.380. The molecule has 0 spiro atoms. The number of hydrogen-bond acceptors (Lipinski definition) is 4. The van der Waals surface area contributed by atoms with Gasteiger partial charge in [0.1, 0.15) is 4.32 Å². The monoisotopic (exact) mass is 439 g/mol. The van der Waals surface area contributed by atoms with Crippen LogP contribution in [0.1, 0.15) is 19.4 Å². The zero-order chi connectivity index (χ0) is 20.5. The Labute approximate surface area is 184 Å². The van der Waals surface area contributed by atoms with Gasteiger partial charge in [0.05, 0.1) is 16.3 Å². The second-order valence-electron chi connectivity index (χ2n) is 6.87. The van der Waals surface area contributed by atoms with Crippen molar-refractivity contribution in [2.24, 2.45) is 0 Å². The Balaban J connectivity index is 1.82. The molecule has 0 radical (unpaired) electrons. The number of para-hydroxylation sites is 1. The maximum atomic E-state index is 12.8. The van der Waals surface area contributed by atoms with Gasteiger partial charge >= 0.3 is 0 Å². The molecule has 0 aliphatic carbocycles. The lowest BCUT2D eigenvalue weighted by Gasteiger charge is -2.18. The van der Waals surface area contributed by atoms with Crippen LogP contribution in [0.15, 0.2) is 65.7 Å². The molecule has 146 valence electrons. The average Bonchev–Trinajstić information content (AvgIpc) is 3.24. The molecule has 0 bridgehead atoms. The molecule has 1 saturated heterocycles. The van der Waals surface area contributed by atoms with E-state index in [9.17, 15) is 4.79 Å². The maximum absolute atomic E-state index is 12.8. The van der Waals surface area contributed by atoms with E-state index in [1.165, 1.54) is 11.8 Å². The molecule has 1 aromatic heterocycles. The van der Waals surface area contributed by atoms with Crippen molar-refractivity contribution in [1.29, 1.82) is 0 Å². The summed E-state index contributed by atoms with van der Waals surface area (Å²) in [5, 5.41) is 5.45.